The zero-order valence-electron chi connectivity index (χ0n) is 17.7. The molecule has 0 aliphatic carbocycles. The Bertz CT molecular complexity index is 1260. The number of aryl methyl sites for hydroxylation is 1. The summed E-state index contributed by atoms with van der Waals surface area (Å²) in [6, 6.07) is 4.34. The van der Waals surface area contributed by atoms with Crippen LogP contribution in [-0.2, 0) is 21.4 Å². The van der Waals surface area contributed by atoms with Crippen LogP contribution in [-0.4, -0.2) is 51.0 Å². The number of rotatable bonds is 1. The number of hydrogen-bond acceptors (Lipinski definition) is 4. The number of aromatic nitrogens is 2. The van der Waals surface area contributed by atoms with Gasteiger partial charge in [-0.1, -0.05) is 11.8 Å². The second-order valence-electron chi connectivity index (χ2n) is 8.22. The zero-order chi connectivity index (χ0) is 23.9. The first-order valence-electron chi connectivity index (χ1n) is 10.5. The fourth-order valence-corrected chi connectivity index (χ4v) is 4.26. The fourth-order valence-electron chi connectivity index (χ4n) is 4.26. The van der Waals surface area contributed by atoms with Crippen molar-refractivity contribution in [2.75, 3.05) is 13.1 Å². The summed E-state index contributed by atoms with van der Waals surface area (Å²) < 4.78 is 40.5. The Balaban J connectivity index is 1.53. The Labute approximate surface area is 186 Å². The Kier molecular flexibility index (Phi) is 5.78. The molecule has 2 aromatic rings. The van der Waals surface area contributed by atoms with Gasteiger partial charge in [0.05, 0.1) is 11.0 Å². The van der Waals surface area contributed by atoms with E-state index in [0.29, 0.717) is 29.4 Å². The van der Waals surface area contributed by atoms with Gasteiger partial charge in [-0.2, -0.15) is 13.2 Å². The number of fused-ring (bicyclic) bond motifs is 1. The van der Waals surface area contributed by atoms with Crippen molar-refractivity contribution in [2.45, 2.75) is 37.9 Å². The van der Waals surface area contributed by atoms with E-state index >= 15 is 0 Å². The summed E-state index contributed by atoms with van der Waals surface area (Å²) in [6.45, 7) is 0.0000651. The highest BCUT2D eigenvalue weighted by atomic mass is 19.4. The molecule has 1 unspecified atom stereocenters. The van der Waals surface area contributed by atoms with Gasteiger partial charge in [-0.3, -0.25) is 28.8 Å². The van der Waals surface area contributed by atoms with Crippen molar-refractivity contribution < 1.29 is 27.6 Å². The molecule has 2 aliphatic rings. The molecule has 8 nitrogen and oxygen atoms in total. The van der Waals surface area contributed by atoms with Gasteiger partial charge < -0.3 is 4.90 Å². The molecular formula is C22H21F3N4O4. The van der Waals surface area contributed by atoms with Crippen LogP contribution in [0.4, 0.5) is 13.2 Å². The van der Waals surface area contributed by atoms with Crippen LogP contribution in [0.25, 0.3) is 11.0 Å². The van der Waals surface area contributed by atoms with Crippen LogP contribution < -0.4 is 11.0 Å². The smallest absolute Gasteiger partial charge is 0.335 e. The van der Waals surface area contributed by atoms with Crippen molar-refractivity contribution in [3.05, 3.63) is 34.2 Å². The molecule has 0 radical (unpaired) electrons. The highest BCUT2D eigenvalue weighted by molar-refractivity contribution is 6.00. The quantitative estimate of drug-likeness (QED) is 0.513. The SMILES string of the molecule is Cn1c(=O)n(C2CCC(=O)NC2=O)c2ccc(C#CC3CCN(C(=O)C(F)(F)F)CC3)cc21. The van der Waals surface area contributed by atoms with Crippen LogP contribution in [0.3, 0.4) is 0 Å². The lowest BCUT2D eigenvalue weighted by Crippen LogP contribution is -2.45. The number of carbonyl (C=O) groups is 3. The number of hydrogen-bond donors (Lipinski definition) is 1. The van der Waals surface area contributed by atoms with E-state index in [4.69, 9.17) is 0 Å². The van der Waals surface area contributed by atoms with Gasteiger partial charge in [0.1, 0.15) is 6.04 Å². The summed E-state index contributed by atoms with van der Waals surface area (Å²) in [5, 5.41) is 2.26. The van der Waals surface area contributed by atoms with Gasteiger partial charge in [-0.25, -0.2) is 4.79 Å². The standard InChI is InChI=1S/C22H21F3N4O4/c1-27-17-12-14(3-2-13-8-10-28(11-9-13)20(32)22(23,24)25)4-5-15(17)29(21(27)33)16-6-7-18(30)26-19(16)31/h4-5,12-13,16H,6-11H2,1H3,(H,26,30,31). The molecule has 3 amide bonds. The summed E-state index contributed by atoms with van der Waals surface area (Å²) >= 11 is 0. The fraction of sp³-hybridized carbons (Fsp3) is 0.455. The monoisotopic (exact) mass is 462 g/mol. The Morgan fingerprint density at radius 3 is 2.42 bits per heavy atom. The minimum Gasteiger partial charge on any atom is -0.335 e. The minimum absolute atomic E-state index is 0.0000326. The maximum absolute atomic E-state index is 12.8. The molecule has 174 valence electrons. The van der Waals surface area contributed by atoms with E-state index in [1.165, 1.54) is 9.13 Å². The molecule has 3 heterocycles. The second kappa shape index (κ2) is 8.42. The molecule has 11 heteroatoms. The highest BCUT2D eigenvalue weighted by Crippen LogP contribution is 2.25. The van der Waals surface area contributed by atoms with Gasteiger partial charge in [0.25, 0.3) is 0 Å². The normalized spacial score (nSPS) is 19.9. The minimum atomic E-state index is -4.87. The first kappa shape index (κ1) is 22.6. The van der Waals surface area contributed by atoms with E-state index in [-0.39, 0.29) is 43.4 Å². The van der Waals surface area contributed by atoms with E-state index in [1.54, 1.807) is 25.2 Å². The van der Waals surface area contributed by atoms with Crippen molar-refractivity contribution in [2.24, 2.45) is 13.0 Å². The Morgan fingerprint density at radius 2 is 1.79 bits per heavy atom. The third kappa shape index (κ3) is 4.37. The predicted octanol–water partition coefficient (Wildman–Crippen LogP) is 1.47. The maximum atomic E-state index is 12.8. The van der Waals surface area contributed by atoms with Crippen molar-refractivity contribution in [1.29, 1.82) is 0 Å². The van der Waals surface area contributed by atoms with E-state index in [9.17, 15) is 32.3 Å². The number of carbonyl (C=O) groups excluding carboxylic acids is 3. The lowest BCUT2D eigenvalue weighted by molar-refractivity contribution is -0.186. The van der Waals surface area contributed by atoms with Crippen LogP contribution in [0.15, 0.2) is 23.0 Å². The number of nitrogens with one attached hydrogen (secondary N) is 1. The van der Waals surface area contributed by atoms with E-state index < -0.39 is 24.0 Å². The van der Waals surface area contributed by atoms with Gasteiger partial charge in [0, 0.05) is 38.0 Å². The third-order valence-corrected chi connectivity index (χ3v) is 6.06. The van der Waals surface area contributed by atoms with Crippen molar-refractivity contribution in [3.63, 3.8) is 0 Å². The Morgan fingerprint density at radius 1 is 1.09 bits per heavy atom. The van der Waals surface area contributed by atoms with Crippen LogP contribution in [0.1, 0.15) is 37.3 Å². The van der Waals surface area contributed by atoms with Gasteiger partial charge >= 0.3 is 17.8 Å². The molecule has 2 saturated heterocycles. The number of benzene rings is 1. The van der Waals surface area contributed by atoms with E-state index in [0.717, 1.165) is 4.90 Å². The number of amides is 3. The summed E-state index contributed by atoms with van der Waals surface area (Å²) in [4.78, 5) is 48.6. The average molecular weight is 462 g/mol. The molecule has 0 bridgehead atoms. The van der Waals surface area contributed by atoms with Crippen molar-refractivity contribution in [1.82, 2.24) is 19.4 Å². The van der Waals surface area contributed by atoms with Crippen molar-refractivity contribution in [3.8, 4) is 11.8 Å². The molecule has 1 aromatic heterocycles. The van der Waals surface area contributed by atoms with E-state index in [2.05, 4.69) is 17.2 Å². The molecule has 1 aromatic carbocycles. The molecule has 2 fully saturated rings. The largest absolute Gasteiger partial charge is 0.471 e. The average Bonchev–Trinajstić information content (AvgIpc) is 3.01. The predicted molar refractivity (Wildman–Crippen MR) is 111 cm³/mol. The van der Waals surface area contributed by atoms with Crippen LogP contribution in [0.2, 0.25) is 0 Å². The number of nitrogens with zero attached hydrogens (tertiary/aromatic N) is 3. The number of piperidine rings is 2. The summed E-state index contributed by atoms with van der Waals surface area (Å²) in [5.41, 5.74) is 1.35. The first-order chi connectivity index (χ1) is 15.6. The lowest BCUT2D eigenvalue weighted by atomic mass is 9.97. The highest BCUT2D eigenvalue weighted by Gasteiger charge is 2.43. The number of imide groups is 1. The van der Waals surface area contributed by atoms with Gasteiger partial charge in [0.15, 0.2) is 0 Å². The molecule has 33 heavy (non-hydrogen) atoms. The molecule has 0 saturated carbocycles. The zero-order valence-corrected chi connectivity index (χ0v) is 17.7. The molecule has 2 aliphatic heterocycles. The second-order valence-corrected chi connectivity index (χ2v) is 8.22. The summed E-state index contributed by atoms with van der Waals surface area (Å²) in [6.07, 6.45) is -3.78. The number of imidazole rings is 1. The van der Waals surface area contributed by atoms with Crippen LogP contribution >= 0.6 is 0 Å². The van der Waals surface area contributed by atoms with E-state index in [1.807, 2.05) is 0 Å². The maximum Gasteiger partial charge on any atom is 0.471 e. The number of alkyl halides is 3. The van der Waals surface area contributed by atoms with Gasteiger partial charge in [-0.15, -0.1) is 0 Å². The van der Waals surface area contributed by atoms with Gasteiger partial charge in [0.2, 0.25) is 11.8 Å². The lowest BCUT2D eigenvalue weighted by Gasteiger charge is -2.30. The van der Waals surface area contributed by atoms with Crippen LogP contribution in [0.5, 0.6) is 0 Å². The van der Waals surface area contributed by atoms with Crippen molar-refractivity contribution >= 4 is 28.8 Å². The molecule has 1 atom stereocenters. The molecule has 4 rings (SSSR count). The summed E-state index contributed by atoms with van der Waals surface area (Å²) in [7, 11) is 1.58. The Hall–Kier alpha value is -3.55. The number of likely N-dealkylation sites (tertiary alicyclic amines) is 1. The molecular weight excluding hydrogens is 441 g/mol. The third-order valence-electron chi connectivity index (χ3n) is 6.06. The topological polar surface area (TPSA) is 93.4 Å². The first-order valence-corrected chi connectivity index (χ1v) is 10.5. The summed E-state index contributed by atoms with van der Waals surface area (Å²) in [5.74, 6) is 3.22. The van der Waals surface area contributed by atoms with Gasteiger partial charge in [-0.05, 0) is 37.5 Å². The van der Waals surface area contributed by atoms with Crippen LogP contribution in [0, 0.1) is 17.8 Å². The number of halogens is 3. The molecule has 0 spiro atoms. The molecule has 1 N–H and O–H groups in total.